The highest BCUT2D eigenvalue weighted by atomic mass is 35.5. The number of halogens is 1. The Morgan fingerprint density at radius 2 is 1.94 bits per heavy atom. The molecule has 16 heavy (non-hydrogen) atoms. The lowest BCUT2D eigenvalue weighted by Crippen LogP contribution is -1.84. The maximum Gasteiger partial charge on any atom is 0.227 e. The standard InChI is InChI=1S/C13H10ClNO/c1-7-5-11-8(2)10-6-9(14)3-4-12(10)15-13(11)16-7/h3-6H,1-2H3. The number of nitrogens with zero attached hydrogens (tertiary/aromatic N) is 1. The molecule has 0 saturated heterocycles. The number of fused-ring (bicyclic) bond motifs is 2. The van der Waals surface area contributed by atoms with Gasteiger partial charge >= 0.3 is 0 Å². The van der Waals surface area contributed by atoms with Crippen LogP contribution in [0.3, 0.4) is 0 Å². The summed E-state index contributed by atoms with van der Waals surface area (Å²) in [7, 11) is 0. The molecule has 3 rings (SSSR count). The van der Waals surface area contributed by atoms with Crippen LogP contribution < -0.4 is 0 Å². The van der Waals surface area contributed by atoms with Crippen LogP contribution in [-0.4, -0.2) is 4.98 Å². The lowest BCUT2D eigenvalue weighted by molar-refractivity contribution is 0.569. The summed E-state index contributed by atoms with van der Waals surface area (Å²) in [5.41, 5.74) is 2.79. The Kier molecular flexibility index (Phi) is 1.95. The van der Waals surface area contributed by atoms with Gasteiger partial charge in [0.15, 0.2) is 0 Å². The van der Waals surface area contributed by atoms with E-state index in [0.29, 0.717) is 5.71 Å². The van der Waals surface area contributed by atoms with Crippen molar-refractivity contribution in [3.63, 3.8) is 0 Å². The van der Waals surface area contributed by atoms with Gasteiger partial charge in [0, 0.05) is 15.8 Å². The van der Waals surface area contributed by atoms with Crippen LogP contribution >= 0.6 is 11.6 Å². The fraction of sp³-hybridized carbons (Fsp3) is 0.154. The van der Waals surface area contributed by atoms with Crippen molar-refractivity contribution in [3.8, 4) is 0 Å². The first kappa shape index (κ1) is 9.67. The van der Waals surface area contributed by atoms with E-state index in [2.05, 4.69) is 11.9 Å². The predicted molar refractivity (Wildman–Crippen MR) is 66.0 cm³/mol. The molecule has 0 aliphatic heterocycles. The van der Waals surface area contributed by atoms with Crippen molar-refractivity contribution in [1.82, 2.24) is 4.98 Å². The zero-order chi connectivity index (χ0) is 11.3. The molecule has 3 heteroatoms. The summed E-state index contributed by atoms with van der Waals surface area (Å²) in [4.78, 5) is 4.48. The second kappa shape index (κ2) is 3.22. The largest absolute Gasteiger partial charge is 0.443 e. The van der Waals surface area contributed by atoms with Gasteiger partial charge in [-0.3, -0.25) is 0 Å². The molecule has 80 valence electrons. The SMILES string of the molecule is Cc1cc2c(C)c3cc(Cl)ccc3nc2o1. The molecule has 0 amide bonds. The monoisotopic (exact) mass is 231 g/mol. The molecular weight excluding hydrogens is 222 g/mol. The molecule has 0 aliphatic rings. The van der Waals surface area contributed by atoms with E-state index in [-0.39, 0.29) is 0 Å². The average molecular weight is 232 g/mol. The average Bonchev–Trinajstić information content (AvgIpc) is 2.61. The minimum atomic E-state index is 0.699. The van der Waals surface area contributed by atoms with Crippen LogP contribution in [-0.2, 0) is 0 Å². The first-order valence-electron chi connectivity index (χ1n) is 5.11. The first-order valence-corrected chi connectivity index (χ1v) is 5.49. The second-order valence-electron chi connectivity index (χ2n) is 3.97. The van der Waals surface area contributed by atoms with E-state index < -0.39 is 0 Å². The number of aryl methyl sites for hydroxylation is 2. The molecule has 0 fully saturated rings. The molecule has 0 N–H and O–H groups in total. The summed E-state index contributed by atoms with van der Waals surface area (Å²) in [5, 5.41) is 2.88. The van der Waals surface area contributed by atoms with Crippen LogP contribution in [0.2, 0.25) is 5.02 Å². The van der Waals surface area contributed by atoms with E-state index in [1.807, 2.05) is 31.2 Å². The molecule has 0 radical (unpaired) electrons. The highest BCUT2D eigenvalue weighted by Crippen LogP contribution is 2.29. The number of pyridine rings is 1. The number of hydrogen-bond donors (Lipinski definition) is 0. The van der Waals surface area contributed by atoms with Crippen molar-refractivity contribution in [2.45, 2.75) is 13.8 Å². The summed E-state index contributed by atoms with van der Waals surface area (Å²) in [6.07, 6.45) is 0. The molecule has 0 saturated carbocycles. The summed E-state index contributed by atoms with van der Waals surface area (Å²) in [6.45, 7) is 4.00. The van der Waals surface area contributed by atoms with E-state index in [0.717, 1.165) is 27.1 Å². The number of hydrogen-bond acceptors (Lipinski definition) is 2. The van der Waals surface area contributed by atoms with Gasteiger partial charge in [0.1, 0.15) is 5.76 Å². The van der Waals surface area contributed by atoms with E-state index in [1.54, 1.807) is 0 Å². The molecule has 2 heterocycles. The first-order chi connectivity index (χ1) is 7.65. The maximum absolute atomic E-state index is 6.00. The number of benzene rings is 1. The normalized spacial score (nSPS) is 11.4. The summed E-state index contributed by atoms with van der Waals surface area (Å²) >= 11 is 6.00. The number of furan rings is 1. The van der Waals surface area contributed by atoms with Crippen molar-refractivity contribution in [2.24, 2.45) is 0 Å². The van der Waals surface area contributed by atoms with E-state index in [9.17, 15) is 0 Å². The molecule has 0 unspecified atom stereocenters. The van der Waals surface area contributed by atoms with E-state index in [4.69, 9.17) is 16.0 Å². The summed E-state index contributed by atoms with van der Waals surface area (Å²) < 4.78 is 5.54. The quantitative estimate of drug-likeness (QED) is 0.578. The highest BCUT2D eigenvalue weighted by molar-refractivity contribution is 6.31. The zero-order valence-electron chi connectivity index (χ0n) is 9.04. The van der Waals surface area contributed by atoms with Crippen LogP contribution in [0.4, 0.5) is 0 Å². The third-order valence-corrected chi connectivity index (χ3v) is 3.06. The third kappa shape index (κ3) is 1.30. The molecule has 3 aromatic rings. The van der Waals surface area contributed by atoms with Gasteiger partial charge in [-0.05, 0) is 43.7 Å². The Hall–Kier alpha value is -1.54. The summed E-state index contributed by atoms with van der Waals surface area (Å²) in [6, 6.07) is 7.72. The van der Waals surface area contributed by atoms with Crippen LogP contribution in [0, 0.1) is 13.8 Å². The Morgan fingerprint density at radius 3 is 2.75 bits per heavy atom. The lowest BCUT2D eigenvalue weighted by Gasteiger charge is -2.02. The highest BCUT2D eigenvalue weighted by Gasteiger charge is 2.09. The van der Waals surface area contributed by atoms with Gasteiger partial charge in [0.25, 0.3) is 0 Å². The van der Waals surface area contributed by atoms with Gasteiger partial charge in [-0.15, -0.1) is 0 Å². The maximum atomic E-state index is 6.00. The number of aromatic nitrogens is 1. The Bertz CT molecular complexity index is 700. The summed E-state index contributed by atoms with van der Waals surface area (Å²) in [5.74, 6) is 0.881. The Morgan fingerprint density at radius 1 is 1.12 bits per heavy atom. The Labute approximate surface area is 97.8 Å². The van der Waals surface area contributed by atoms with Gasteiger partial charge in [0.05, 0.1) is 5.52 Å². The molecule has 2 aromatic heterocycles. The smallest absolute Gasteiger partial charge is 0.227 e. The molecule has 0 atom stereocenters. The predicted octanol–water partition coefficient (Wildman–Crippen LogP) is 4.25. The molecule has 0 bridgehead atoms. The molecular formula is C13H10ClNO. The fourth-order valence-corrected chi connectivity index (χ4v) is 2.19. The lowest BCUT2D eigenvalue weighted by atomic mass is 10.1. The van der Waals surface area contributed by atoms with E-state index >= 15 is 0 Å². The van der Waals surface area contributed by atoms with Crippen LogP contribution in [0.15, 0.2) is 28.7 Å². The van der Waals surface area contributed by atoms with Crippen molar-refractivity contribution >= 4 is 33.6 Å². The van der Waals surface area contributed by atoms with Crippen molar-refractivity contribution in [2.75, 3.05) is 0 Å². The van der Waals surface area contributed by atoms with Crippen molar-refractivity contribution < 1.29 is 4.42 Å². The topological polar surface area (TPSA) is 26.0 Å². The Balaban J connectivity index is 2.55. The number of rotatable bonds is 0. The van der Waals surface area contributed by atoms with Crippen molar-refractivity contribution in [1.29, 1.82) is 0 Å². The van der Waals surface area contributed by atoms with Crippen LogP contribution in [0.1, 0.15) is 11.3 Å². The van der Waals surface area contributed by atoms with Gasteiger partial charge in [0.2, 0.25) is 5.71 Å². The van der Waals surface area contributed by atoms with Gasteiger partial charge < -0.3 is 4.42 Å². The minimum Gasteiger partial charge on any atom is -0.443 e. The van der Waals surface area contributed by atoms with Gasteiger partial charge in [-0.2, -0.15) is 0 Å². The van der Waals surface area contributed by atoms with Gasteiger partial charge in [-0.25, -0.2) is 4.98 Å². The van der Waals surface area contributed by atoms with Crippen LogP contribution in [0.25, 0.3) is 22.0 Å². The molecule has 1 aromatic carbocycles. The third-order valence-electron chi connectivity index (χ3n) is 2.82. The fourth-order valence-electron chi connectivity index (χ4n) is 2.01. The van der Waals surface area contributed by atoms with Crippen molar-refractivity contribution in [3.05, 3.63) is 40.6 Å². The van der Waals surface area contributed by atoms with Gasteiger partial charge in [-0.1, -0.05) is 11.6 Å². The zero-order valence-corrected chi connectivity index (χ0v) is 9.80. The molecule has 2 nitrogen and oxygen atoms in total. The second-order valence-corrected chi connectivity index (χ2v) is 4.41. The molecule has 0 spiro atoms. The molecule has 0 aliphatic carbocycles. The van der Waals surface area contributed by atoms with E-state index in [1.165, 1.54) is 5.56 Å². The minimum absolute atomic E-state index is 0.699. The van der Waals surface area contributed by atoms with Crippen LogP contribution in [0.5, 0.6) is 0 Å².